The van der Waals surface area contributed by atoms with Crippen molar-refractivity contribution in [3.63, 3.8) is 0 Å². The number of nitrogens with two attached hydrogens (primary N) is 2. The average molecular weight is 523 g/mol. The third kappa shape index (κ3) is 6.39. The molecule has 0 saturated carbocycles. The Morgan fingerprint density at radius 3 is 1.28 bits per heavy atom. The van der Waals surface area contributed by atoms with Gasteiger partial charge in [-0.2, -0.15) is 0 Å². The van der Waals surface area contributed by atoms with Gasteiger partial charge in [-0.05, 0) is 108 Å². The van der Waals surface area contributed by atoms with Crippen molar-refractivity contribution in [3.05, 3.63) is 107 Å². The summed E-state index contributed by atoms with van der Waals surface area (Å²) in [5.74, 6) is 4.07. The molecule has 0 saturated heterocycles. The summed E-state index contributed by atoms with van der Waals surface area (Å²) in [5.41, 5.74) is 17.9. The van der Waals surface area contributed by atoms with Crippen molar-refractivity contribution in [1.29, 1.82) is 0 Å². The lowest BCUT2D eigenvalue weighted by Gasteiger charge is -2.30. The summed E-state index contributed by atoms with van der Waals surface area (Å²) < 4.78 is 12.7. The van der Waals surface area contributed by atoms with E-state index in [9.17, 15) is 0 Å². The highest BCUT2D eigenvalue weighted by Gasteiger charge is 2.27. The monoisotopic (exact) mass is 522 g/mol. The summed E-state index contributed by atoms with van der Waals surface area (Å²) in [5, 5.41) is 0. The molecule has 0 radical (unpaired) electrons. The van der Waals surface area contributed by atoms with E-state index in [0.29, 0.717) is 11.8 Å². The van der Waals surface area contributed by atoms with Crippen LogP contribution in [-0.4, -0.2) is 0 Å². The number of rotatable bonds is 10. The number of benzene rings is 4. The van der Waals surface area contributed by atoms with Crippen LogP contribution in [0.25, 0.3) is 0 Å². The highest BCUT2D eigenvalue weighted by atomic mass is 16.5. The predicted molar refractivity (Wildman–Crippen MR) is 164 cm³/mol. The zero-order chi connectivity index (χ0) is 28.2. The quantitative estimate of drug-likeness (QED) is 0.203. The normalized spacial score (nSPS) is 13.1. The van der Waals surface area contributed by atoms with Crippen molar-refractivity contribution < 1.29 is 9.47 Å². The molecule has 0 aromatic heterocycles. The third-order valence-electron chi connectivity index (χ3n) is 7.97. The second-order valence-electron chi connectivity index (χ2n) is 11.1. The molecule has 2 unspecified atom stereocenters. The summed E-state index contributed by atoms with van der Waals surface area (Å²) in [6.07, 6.45) is 2.05. The van der Waals surface area contributed by atoms with Gasteiger partial charge in [0.15, 0.2) is 0 Å². The Balaban J connectivity index is 1.70. The number of hydrogen-bond donors (Lipinski definition) is 2. The molecule has 0 spiro atoms. The van der Waals surface area contributed by atoms with Gasteiger partial charge in [0, 0.05) is 16.8 Å². The molecule has 0 aliphatic heterocycles. The van der Waals surface area contributed by atoms with Crippen molar-refractivity contribution in [2.24, 2.45) is 0 Å². The molecule has 2 atom stereocenters. The standard InChI is InChI=1S/C35H42N2O2/c1-7-23(3)31-21-25(9-19-33(31)38-29-15-11-27(36)12-16-29)35(5,6)26-10-20-34(32(22-26)24(4)8-2)39-30-17-13-28(37)14-18-30/h9-24H,7-8,36-37H2,1-6H3. The molecule has 4 aromatic rings. The summed E-state index contributed by atoms with van der Waals surface area (Å²) >= 11 is 0. The van der Waals surface area contributed by atoms with Crippen LogP contribution in [-0.2, 0) is 5.41 Å². The molecule has 0 amide bonds. The molecule has 204 valence electrons. The second kappa shape index (κ2) is 11.9. The lowest BCUT2D eigenvalue weighted by atomic mass is 9.75. The van der Waals surface area contributed by atoms with Gasteiger partial charge in [0.25, 0.3) is 0 Å². The molecule has 0 aliphatic carbocycles. The molecule has 0 bridgehead atoms. The van der Waals surface area contributed by atoms with Crippen molar-refractivity contribution in [2.45, 2.75) is 71.6 Å². The summed E-state index contributed by atoms with van der Waals surface area (Å²) in [4.78, 5) is 0. The first-order valence-corrected chi connectivity index (χ1v) is 14.0. The van der Waals surface area contributed by atoms with Crippen molar-refractivity contribution in [2.75, 3.05) is 11.5 Å². The highest BCUT2D eigenvalue weighted by molar-refractivity contribution is 5.52. The minimum atomic E-state index is -0.218. The molecular formula is C35H42N2O2. The number of nitrogen functional groups attached to an aromatic ring is 2. The molecule has 0 heterocycles. The summed E-state index contributed by atoms with van der Waals surface area (Å²) in [7, 11) is 0. The predicted octanol–water partition coefficient (Wildman–Crippen LogP) is 9.79. The molecule has 4 N–H and O–H groups in total. The molecule has 4 aromatic carbocycles. The van der Waals surface area contributed by atoms with E-state index in [-0.39, 0.29) is 5.41 Å². The molecule has 4 nitrogen and oxygen atoms in total. The van der Waals surface area contributed by atoms with E-state index in [2.05, 4.69) is 77.9 Å². The van der Waals surface area contributed by atoms with Crippen LogP contribution in [0.2, 0.25) is 0 Å². The fourth-order valence-corrected chi connectivity index (χ4v) is 4.76. The van der Waals surface area contributed by atoms with E-state index < -0.39 is 0 Å². The minimum absolute atomic E-state index is 0.218. The lowest BCUT2D eigenvalue weighted by Crippen LogP contribution is -2.20. The van der Waals surface area contributed by atoms with Gasteiger partial charge >= 0.3 is 0 Å². The Kier molecular flexibility index (Phi) is 8.54. The molecule has 4 heteroatoms. The lowest BCUT2D eigenvalue weighted by molar-refractivity contribution is 0.468. The first-order valence-electron chi connectivity index (χ1n) is 14.0. The Morgan fingerprint density at radius 1 is 0.590 bits per heavy atom. The van der Waals surface area contributed by atoms with Gasteiger partial charge in [0.1, 0.15) is 23.0 Å². The fraction of sp³-hybridized carbons (Fsp3) is 0.314. The van der Waals surface area contributed by atoms with Crippen molar-refractivity contribution >= 4 is 11.4 Å². The average Bonchev–Trinajstić information content (AvgIpc) is 2.94. The van der Waals surface area contributed by atoms with E-state index in [1.54, 1.807) is 0 Å². The molecular weight excluding hydrogens is 480 g/mol. The van der Waals surface area contributed by atoms with Crippen LogP contribution in [0.4, 0.5) is 11.4 Å². The van der Waals surface area contributed by atoms with E-state index in [1.165, 1.54) is 22.3 Å². The largest absolute Gasteiger partial charge is 0.457 e. The van der Waals surface area contributed by atoms with Crippen LogP contribution >= 0.6 is 0 Å². The maximum Gasteiger partial charge on any atom is 0.130 e. The van der Waals surface area contributed by atoms with Gasteiger partial charge in [-0.15, -0.1) is 0 Å². The molecule has 4 rings (SSSR count). The smallest absolute Gasteiger partial charge is 0.130 e. The first kappa shape index (κ1) is 28.1. The van der Waals surface area contributed by atoms with Crippen LogP contribution in [0.15, 0.2) is 84.9 Å². The molecule has 39 heavy (non-hydrogen) atoms. The number of ether oxygens (including phenoxy) is 2. The molecule has 0 fully saturated rings. The third-order valence-corrected chi connectivity index (χ3v) is 7.97. The Bertz CT molecular complexity index is 1280. The van der Waals surface area contributed by atoms with E-state index >= 15 is 0 Å². The minimum Gasteiger partial charge on any atom is -0.457 e. The Morgan fingerprint density at radius 2 is 0.949 bits per heavy atom. The summed E-state index contributed by atoms with van der Waals surface area (Å²) in [6.45, 7) is 13.5. The maximum absolute atomic E-state index is 6.33. The Labute approximate surface area is 234 Å². The topological polar surface area (TPSA) is 70.5 Å². The van der Waals surface area contributed by atoms with E-state index in [0.717, 1.165) is 47.2 Å². The zero-order valence-electron chi connectivity index (χ0n) is 24.1. The van der Waals surface area contributed by atoms with E-state index in [1.807, 2.05) is 48.5 Å². The van der Waals surface area contributed by atoms with Crippen molar-refractivity contribution in [1.82, 2.24) is 0 Å². The first-order chi connectivity index (χ1) is 18.6. The SMILES string of the molecule is CCC(C)c1cc(C(C)(C)c2ccc(Oc3ccc(N)cc3)c(C(C)CC)c2)ccc1Oc1ccc(N)cc1. The van der Waals surface area contributed by atoms with Gasteiger partial charge in [-0.1, -0.05) is 65.8 Å². The van der Waals surface area contributed by atoms with Gasteiger partial charge in [0.05, 0.1) is 0 Å². The second-order valence-corrected chi connectivity index (χ2v) is 11.1. The number of hydrogen-bond acceptors (Lipinski definition) is 4. The van der Waals surface area contributed by atoms with Crippen molar-refractivity contribution in [3.8, 4) is 23.0 Å². The van der Waals surface area contributed by atoms with Gasteiger partial charge in [-0.25, -0.2) is 0 Å². The van der Waals surface area contributed by atoms with Crippen LogP contribution in [0.1, 0.15) is 88.5 Å². The van der Waals surface area contributed by atoms with Gasteiger partial charge in [-0.3, -0.25) is 0 Å². The molecule has 0 aliphatic rings. The Hall–Kier alpha value is -3.92. The van der Waals surface area contributed by atoms with Crippen LogP contribution < -0.4 is 20.9 Å². The summed E-state index contributed by atoms with van der Waals surface area (Å²) in [6, 6.07) is 28.4. The maximum atomic E-state index is 6.33. The van der Waals surface area contributed by atoms with Gasteiger partial charge in [0.2, 0.25) is 0 Å². The number of anilines is 2. The van der Waals surface area contributed by atoms with Crippen LogP contribution in [0.5, 0.6) is 23.0 Å². The van der Waals surface area contributed by atoms with Crippen LogP contribution in [0, 0.1) is 0 Å². The zero-order valence-corrected chi connectivity index (χ0v) is 24.1. The highest BCUT2D eigenvalue weighted by Crippen LogP contribution is 2.41. The van der Waals surface area contributed by atoms with Gasteiger partial charge < -0.3 is 20.9 Å². The van der Waals surface area contributed by atoms with E-state index in [4.69, 9.17) is 20.9 Å². The van der Waals surface area contributed by atoms with Crippen LogP contribution in [0.3, 0.4) is 0 Å². The fourth-order valence-electron chi connectivity index (χ4n) is 4.76.